The van der Waals surface area contributed by atoms with Crippen molar-refractivity contribution in [3.8, 4) is 11.3 Å². The lowest BCUT2D eigenvalue weighted by Gasteiger charge is -2.09. The van der Waals surface area contributed by atoms with Crippen LogP contribution in [0.15, 0.2) is 47.0 Å². The van der Waals surface area contributed by atoms with Crippen LogP contribution in [0.2, 0.25) is 10.0 Å². The van der Waals surface area contributed by atoms with E-state index < -0.39 is 11.7 Å². The number of amides is 1. The monoisotopic (exact) mass is 442 g/mol. The fraction of sp³-hybridized carbons (Fsp3) is 0.200. The average Bonchev–Trinajstić information content (AvgIpc) is 3.04. The standard InChI is InChI=1S/C20H15Cl2F3N2O2/c1-11-15(9-18(29-11)12-2-4-14(21)5-3-12)19(28)26-7-6-17-16(22)8-13(10-27-17)20(23,24)25/h2-5,8-10H,6-7H2,1H3,(H,26,28). The van der Waals surface area contributed by atoms with E-state index in [0.717, 1.165) is 17.8 Å². The number of alkyl halides is 3. The van der Waals surface area contributed by atoms with Crippen molar-refractivity contribution in [2.45, 2.75) is 19.5 Å². The number of carbonyl (C=O) groups is 1. The Morgan fingerprint density at radius 1 is 1.17 bits per heavy atom. The van der Waals surface area contributed by atoms with E-state index in [1.54, 1.807) is 37.3 Å². The van der Waals surface area contributed by atoms with Crippen LogP contribution in [0.4, 0.5) is 13.2 Å². The molecule has 4 nitrogen and oxygen atoms in total. The number of nitrogens with zero attached hydrogens (tertiary/aromatic N) is 1. The highest BCUT2D eigenvalue weighted by Gasteiger charge is 2.31. The second-order valence-electron chi connectivity index (χ2n) is 6.24. The lowest BCUT2D eigenvalue weighted by molar-refractivity contribution is -0.137. The van der Waals surface area contributed by atoms with Crippen LogP contribution in [0.3, 0.4) is 0 Å². The first-order valence-corrected chi connectivity index (χ1v) is 9.27. The molecule has 152 valence electrons. The molecule has 0 spiro atoms. The molecule has 0 saturated carbocycles. The van der Waals surface area contributed by atoms with Crippen LogP contribution in [0, 0.1) is 6.92 Å². The van der Waals surface area contributed by atoms with Gasteiger partial charge in [0.1, 0.15) is 11.5 Å². The summed E-state index contributed by atoms with van der Waals surface area (Å²) in [5.74, 6) is 0.601. The SMILES string of the molecule is Cc1oc(-c2ccc(Cl)cc2)cc1C(=O)NCCc1ncc(C(F)(F)F)cc1Cl. The number of carbonyl (C=O) groups excluding carboxylic acids is 1. The van der Waals surface area contributed by atoms with Crippen molar-refractivity contribution in [1.82, 2.24) is 10.3 Å². The number of furan rings is 1. The molecular weight excluding hydrogens is 428 g/mol. The fourth-order valence-corrected chi connectivity index (χ4v) is 3.05. The number of benzene rings is 1. The molecule has 0 aliphatic rings. The molecule has 0 fully saturated rings. The molecular formula is C20H15Cl2F3N2O2. The van der Waals surface area contributed by atoms with Gasteiger partial charge >= 0.3 is 6.18 Å². The fourth-order valence-electron chi connectivity index (χ4n) is 2.66. The predicted octanol–water partition coefficient (Wildman–Crippen LogP) is 5.95. The van der Waals surface area contributed by atoms with Gasteiger partial charge in [0.15, 0.2) is 0 Å². The Balaban J connectivity index is 1.64. The molecule has 0 unspecified atom stereocenters. The van der Waals surface area contributed by atoms with Crippen molar-refractivity contribution in [1.29, 1.82) is 0 Å². The number of aromatic nitrogens is 1. The third kappa shape index (κ3) is 5.10. The second kappa shape index (κ2) is 8.47. The minimum Gasteiger partial charge on any atom is -0.461 e. The van der Waals surface area contributed by atoms with Crippen molar-refractivity contribution in [3.05, 3.63) is 75.2 Å². The number of hydrogen-bond acceptors (Lipinski definition) is 3. The number of nitrogens with one attached hydrogen (secondary N) is 1. The first-order chi connectivity index (χ1) is 13.6. The minimum absolute atomic E-state index is 0.0985. The molecule has 1 aromatic carbocycles. The van der Waals surface area contributed by atoms with Gasteiger partial charge in [-0.1, -0.05) is 23.2 Å². The molecule has 3 rings (SSSR count). The van der Waals surface area contributed by atoms with Crippen LogP contribution >= 0.6 is 23.2 Å². The van der Waals surface area contributed by atoms with Gasteiger partial charge in [0, 0.05) is 29.7 Å². The maximum absolute atomic E-state index is 12.7. The number of aryl methyl sites for hydroxylation is 1. The first-order valence-electron chi connectivity index (χ1n) is 8.51. The number of rotatable bonds is 5. The summed E-state index contributed by atoms with van der Waals surface area (Å²) in [6.07, 6.45) is -3.60. The molecule has 2 aromatic heterocycles. The molecule has 1 N–H and O–H groups in total. The molecule has 0 aliphatic carbocycles. The molecule has 0 aliphatic heterocycles. The van der Waals surface area contributed by atoms with Gasteiger partial charge in [0.05, 0.1) is 21.8 Å². The Kier molecular flexibility index (Phi) is 6.19. The van der Waals surface area contributed by atoms with E-state index in [2.05, 4.69) is 10.3 Å². The van der Waals surface area contributed by atoms with E-state index in [4.69, 9.17) is 27.6 Å². The zero-order valence-corrected chi connectivity index (χ0v) is 16.6. The van der Waals surface area contributed by atoms with E-state index in [1.807, 2.05) is 0 Å². The van der Waals surface area contributed by atoms with E-state index in [-0.39, 0.29) is 29.6 Å². The van der Waals surface area contributed by atoms with Crippen LogP contribution in [-0.4, -0.2) is 17.4 Å². The second-order valence-corrected chi connectivity index (χ2v) is 7.09. The molecule has 9 heteroatoms. The average molecular weight is 443 g/mol. The summed E-state index contributed by atoms with van der Waals surface area (Å²) in [6.45, 7) is 1.82. The van der Waals surface area contributed by atoms with Gasteiger partial charge in [0.2, 0.25) is 0 Å². The van der Waals surface area contributed by atoms with Gasteiger partial charge in [-0.2, -0.15) is 13.2 Å². The highest BCUT2D eigenvalue weighted by atomic mass is 35.5. The molecule has 29 heavy (non-hydrogen) atoms. The smallest absolute Gasteiger partial charge is 0.417 e. The van der Waals surface area contributed by atoms with E-state index >= 15 is 0 Å². The highest BCUT2D eigenvalue weighted by Crippen LogP contribution is 2.31. The predicted molar refractivity (Wildman–Crippen MR) is 104 cm³/mol. The quantitative estimate of drug-likeness (QED) is 0.531. The molecule has 2 heterocycles. The zero-order valence-electron chi connectivity index (χ0n) is 15.1. The van der Waals surface area contributed by atoms with Crippen LogP contribution < -0.4 is 5.32 Å². The summed E-state index contributed by atoms with van der Waals surface area (Å²) >= 11 is 11.7. The van der Waals surface area contributed by atoms with Gasteiger partial charge < -0.3 is 9.73 Å². The largest absolute Gasteiger partial charge is 0.461 e. The molecule has 0 bridgehead atoms. The number of pyridine rings is 1. The van der Waals surface area contributed by atoms with Gasteiger partial charge in [-0.05, 0) is 43.3 Å². The third-order valence-corrected chi connectivity index (χ3v) is 4.76. The van der Waals surface area contributed by atoms with E-state index in [9.17, 15) is 18.0 Å². The Bertz CT molecular complexity index is 1030. The first kappa shape index (κ1) is 21.2. The lowest BCUT2D eigenvalue weighted by Crippen LogP contribution is -2.26. The molecule has 1 amide bonds. The van der Waals surface area contributed by atoms with Gasteiger partial charge in [-0.3, -0.25) is 9.78 Å². The molecule has 0 saturated heterocycles. The summed E-state index contributed by atoms with van der Waals surface area (Å²) < 4.78 is 43.6. The van der Waals surface area contributed by atoms with Crippen molar-refractivity contribution >= 4 is 29.1 Å². The van der Waals surface area contributed by atoms with Crippen LogP contribution in [-0.2, 0) is 12.6 Å². The minimum atomic E-state index is -4.51. The van der Waals surface area contributed by atoms with Gasteiger partial charge in [-0.15, -0.1) is 0 Å². The zero-order chi connectivity index (χ0) is 21.2. The maximum Gasteiger partial charge on any atom is 0.417 e. The molecule has 0 radical (unpaired) electrons. The normalized spacial score (nSPS) is 11.5. The lowest BCUT2D eigenvalue weighted by atomic mass is 10.1. The van der Waals surface area contributed by atoms with Crippen LogP contribution in [0.5, 0.6) is 0 Å². The molecule has 0 atom stereocenters. The Morgan fingerprint density at radius 3 is 2.48 bits per heavy atom. The van der Waals surface area contributed by atoms with Crippen LogP contribution in [0.1, 0.15) is 27.4 Å². The number of halogens is 5. The third-order valence-electron chi connectivity index (χ3n) is 4.18. The van der Waals surface area contributed by atoms with Crippen molar-refractivity contribution in [3.63, 3.8) is 0 Å². The van der Waals surface area contributed by atoms with Crippen molar-refractivity contribution < 1.29 is 22.4 Å². The van der Waals surface area contributed by atoms with Crippen LogP contribution in [0.25, 0.3) is 11.3 Å². The maximum atomic E-state index is 12.7. The van der Waals surface area contributed by atoms with Crippen molar-refractivity contribution in [2.24, 2.45) is 0 Å². The topological polar surface area (TPSA) is 55.1 Å². The van der Waals surface area contributed by atoms with E-state index in [1.165, 1.54) is 0 Å². The molecule has 3 aromatic rings. The van der Waals surface area contributed by atoms with E-state index in [0.29, 0.717) is 22.1 Å². The summed E-state index contributed by atoms with van der Waals surface area (Å²) in [4.78, 5) is 16.2. The number of hydrogen-bond donors (Lipinski definition) is 1. The van der Waals surface area contributed by atoms with Crippen molar-refractivity contribution in [2.75, 3.05) is 6.54 Å². The van der Waals surface area contributed by atoms with Gasteiger partial charge in [0.25, 0.3) is 5.91 Å². The summed E-state index contributed by atoms with van der Waals surface area (Å²) in [5.41, 5.74) is 0.489. The summed E-state index contributed by atoms with van der Waals surface area (Å²) in [5, 5.41) is 3.18. The Labute approximate surface area is 174 Å². The highest BCUT2D eigenvalue weighted by molar-refractivity contribution is 6.31. The summed E-state index contributed by atoms with van der Waals surface area (Å²) in [7, 11) is 0. The Hall–Kier alpha value is -2.51. The van der Waals surface area contributed by atoms with Gasteiger partial charge in [-0.25, -0.2) is 0 Å². The summed E-state index contributed by atoms with van der Waals surface area (Å²) in [6, 6.07) is 9.44. The Morgan fingerprint density at radius 2 is 1.86 bits per heavy atom.